The van der Waals surface area contributed by atoms with Gasteiger partial charge in [-0.3, -0.25) is 9.59 Å². The van der Waals surface area contributed by atoms with Gasteiger partial charge in [0.15, 0.2) is 6.61 Å². The van der Waals surface area contributed by atoms with Crippen LogP contribution in [0.15, 0.2) is 28.7 Å². The summed E-state index contributed by atoms with van der Waals surface area (Å²) in [5.74, 6) is -1.32. The van der Waals surface area contributed by atoms with E-state index < -0.39 is 17.9 Å². The van der Waals surface area contributed by atoms with Gasteiger partial charge >= 0.3 is 5.97 Å². The van der Waals surface area contributed by atoms with Crippen molar-refractivity contribution in [2.45, 2.75) is 19.9 Å². The molecule has 0 aliphatic rings. The van der Waals surface area contributed by atoms with Crippen LogP contribution in [0.3, 0.4) is 0 Å². The Hall–Kier alpha value is -2.09. The molecule has 0 radical (unpaired) electrons. The Kier molecular flexibility index (Phi) is 7.53. The molecule has 1 rings (SSSR count). The Balaban J connectivity index is 2.64. The number of carboxylic acid groups (broad SMARTS) is 1. The highest BCUT2D eigenvalue weighted by Crippen LogP contribution is 2.16. The van der Waals surface area contributed by atoms with Gasteiger partial charge in [-0.1, -0.05) is 15.9 Å². The van der Waals surface area contributed by atoms with E-state index in [4.69, 9.17) is 9.84 Å². The normalized spacial score (nSPS) is 11.4. The third-order valence-electron chi connectivity index (χ3n) is 3.05. The number of ether oxygens (including phenoxy) is 1. The van der Waals surface area contributed by atoms with Crippen LogP contribution < -0.4 is 10.1 Å². The lowest BCUT2D eigenvalue weighted by atomic mass is 10.2. The van der Waals surface area contributed by atoms with Crippen molar-refractivity contribution >= 4 is 33.7 Å². The van der Waals surface area contributed by atoms with Crippen LogP contribution >= 0.6 is 15.9 Å². The van der Waals surface area contributed by atoms with Crippen LogP contribution in [-0.4, -0.2) is 53.5 Å². The molecule has 2 amide bonds. The van der Waals surface area contributed by atoms with Gasteiger partial charge in [0.25, 0.3) is 5.91 Å². The highest BCUT2D eigenvalue weighted by Gasteiger charge is 2.25. The molecular weight excluding hydrogens is 368 g/mol. The molecule has 1 aromatic carbocycles. The summed E-state index contributed by atoms with van der Waals surface area (Å²) in [4.78, 5) is 35.4. The first-order valence-electron chi connectivity index (χ1n) is 6.96. The molecule has 23 heavy (non-hydrogen) atoms. The molecule has 1 unspecified atom stereocenters. The van der Waals surface area contributed by atoms with Crippen molar-refractivity contribution in [2.75, 3.05) is 19.7 Å². The molecule has 0 spiro atoms. The molecule has 0 saturated heterocycles. The lowest BCUT2D eigenvalue weighted by Gasteiger charge is -2.26. The average Bonchev–Trinajstić information content (AvgIpc) is 2.49. The number of carbonyl (C=O) groups excluding carboxylic acids is 2. The number of halogens is 1. The molecular formula is C15H19BrN2O5. The first-order valence-corrected chi connectivity index (χ1v) is 7.75. The number of carbonyl (C=O) groups is 3. The minimum atomic E-state index is -1.12. The lowest BCUT2D eigenvalue weighted by Crippen LogP contribution is -2.48. The van der Waals surface area contributed by atoms with E-state index in [2.05, 4.69) is 21.2 Å². The third kappa shape index (κ3) is 6.68. The van der Waals surface area contributed by atoms with E-state index in [0.717, 1.165) is 9.37 Å². The Morgan fingerprint density at radius 2 is 1.91 bits per heavy atom. The molecule has 1 atom stereocenters. The monoisotopic (exact) mass is 386 g/mol. The number of hydrogen-bond acceptors (Lipinski definition) is 4. The Bertz CT molecular complexity index is 561. The van der Waals surface area contributed by atoms with E-state index in [1.54, 1.807) is 24.3 Å². The largest absolute Gasteiger partial charge is 0.484 e. The van der Waals surface area contributed by atoms with E-state index in [9.17, 15) is 14.4 Å². The van der Waals surface area contributed by atoms with Crippen molar-refractivity contribution in [3.05, 3.63) is 28.7 Å². The van der Waals surface area contributed by atoms with E-state index in [1.165, 1.54) is 13.8 Å². The first-order chi connectivity index (χ1) is 10.8. The minimum absolute atomic E-state index is 0.0928. The smallest absolute Gasteiger partial charge is 0.326 e. The maximum Gasteiger partial charge on any atom is 0.326 e. The van der Waals surface area contributed by atoms with E-state index in [-0.39, 0.29) is 25.6 Å². The predicted octanol–water partition coefficient (Wildman–Crippen LogP) is 1.27. The quantitative estimate of drug-likeness (QED) is 0.701. The first kappa shape index (κ1) is 19.0. The van der Waals surface area contributed by atoms with Crippen LogP contribution in [0.1, 0.15) is 13.8 Å². The van der Waals surface area contributed by atoms with Crippen LogP contribution in [0.25, 0.3) is 0 Å². The van der Waals surface area contributed by atoms with E-state index in [0.29, 0.717) is 5.75 Å². The van der Waals surface area contributed by atoms with E-state index in [1.807, 2.05) is 0 Å². The summed E-state index contributed by atoms with van der Waals surface area (Å²) in [6.45, 7) is 2.75. The number of nitrogens with one attached hydrogen (secondary N) is 1. The molecule has 0 saturated carbocycles. The van der Waals surface area contributed by atoms with Gasteiger partial charge in [-0.25, -0.2) is 4.79 Å². The van der Waals surface area contributed by atoms with Crippen molar-refractivity contribution in [1.82, 2.24) is 10.2 Å². The minimum Gasteiger partial charge on any atom is -0.484 e. The topological polar surface area (TPSA) is 95.9 Å². The fourth-order valence-corrected chi connectivity index (χ4v) is 2.04. The van der Waals surface area contributed by atoms with Crippen molar-refractivity contribution in [2.24, 2.45) is 0 Å². The molecule has 126 valence electrons. The van der Waals surface area contributed by atoms with Gasteiger partial charge in [-0.05, 0) is 31.2 Å². The van der Waals surface area contributed by atoms with Gasteiger partial charge in [-0.2, -0.15) is 0 Å². The maximum absolute atomic E-state index is 12.2. The summed E-state index contributed by atoms with van der Waals surface area (Å²) in [6, 6.07) is 5.92. The molecule has 0 fully saturated rings. The second-order valence-corrected chi connectivity index (χ2v) is 5.74. The number of hydrogen-bond donors (Lipinski definition) is 2. The van der Waals surface area contributed by atoms with Gasteiger partial charge in [0, 0.05) is 24.5 Å². The lowest BCUT2D eigenvalue weighted by molar-refractivity contribution is -0.150. The van der Waals surface area contributed by atoms with Crippen molar-refractivity contribution in [1.29, 1.82) is 0 Å². The zero-order chi connectivity index (χ0) is 17.4. The van der Waals surface area contributed by atoms with Gasteiger partial charge < -0.3 is 20.1 Å². The summed E-state index contributed by atoms with van der Waals surface area (Å²) < 4.78 is 6.25. The molecule has 0 heterocycles. The summed E-state index contributed by atoms with van der Waals surface area (Å²) in [5, 5.41) is 11.6. The number of rotatable bonds is 8. The number of amides is 2. The maximum atomic E-state index is 12.2. The second kappa shape index (κ2) is 9.14. The molecule has 0 bridgehead atoms. The van der Waals surface area contributed by atoms with Gasteiger partial charge in [-0.15, -0.1) is 0 Å². The highest BCUT2D eigenvalue weighted by molar-refractivity contribution is 9.10. The molecule has 8 heteroatoms. The zero-order valence-electron chi connectivity index (χ0n) is 12.9. The molecule has 0 aromatic heterocycles. The van der Waals surface area contributed by atoms with E-state index >= 15 is 0 Å². The number of nitrogens with zero attached hydrogens (tertiary/aromatic N) is 1. The molecule has 2 N–H and O–H groups in total. The summed E-state index contributed by atoms with van der Waals surface area (Å²) in [7, 11) is 0. The summed E-state index contributed by atoms with van der Waals surface area (Å²) in [5.41, 5.74) is 0. The van der Waals surface area contributed by atoms with Gasteiger partial charge in [0.2, 0.25) is 5.91 Å². The van der Waals surface area contributed by atoms with Crippen LogP contribution in [0.4, 0.5) is 0 Å². The molecule has 0 aliphatic carbocycles. The third-order valence-corrected chi connectivity index (χ3v) is 3.58. The van der Waals surface area contributed by atoms with Crippen molar-refractivity contribution < 1.29 is 24.2 Å². The predicted molar refractivity (Wildman–Crippen MR) is 87.1 cm³/mol. The Labute approximate surface area is 142 Å². The SMILES string of the molecule is CC(=O)NCCN(C(=O)COc1ccc(Br)cc1)C(C)C(=O)O. The average molecular weight is 387 g/mol. The standard InChI is InChI=1S/C15H19BrN2O5/c1-10(15(21)22)18(8-7-17-11(2)19)14(20)9-23-13-5-3-12(16)4-6-13/h3-6,10H,7-9H2,1-2H3,(H,17,19)(H,21,22). The molecule has 1 aromatic rings. The fraction of sp³-hybridized carbons (Fsp3) is 0.400. The highest BCUT2D eigenvalue weighted by atomic mass is 79.9. The number of benzene rings is 1. The van der Waals surface area contributed by atoms with Crippen LogP contribution in [0.5, 0.6) is 5.75 Å². The number of aliphatic carboxylic acids is 1. The van der Waals surface area contributed by atoms with Crippen molar-refractivity contribution in [3.8, 4) is 5.75 Å². The number of carboxylic acids is 1. The van der Waals surface area contributed by atoms with Crippen molar-refractivity contribution in [3.63, 3.8) is 0 Å². The van der Waals surface area contributed by atoms with Gasteiger partial charge in [0.1, 0.15) is 11.8 Å². The fourth-order valence-electron chi connectivity index (χ4n) is 1.78. The van der Waals surface area contributed by atoms with Gasteiger partial charge in [0.05, 0.1) is 0 Å². The molecule has 7 nitrogen and oxygen atoms in total. The van der Waals surface area contributed by atoms with Crippen LogP contribution in [0.2, 0.25) is 0 Å². The summed E-state index contributed by atoms with van der Waals surface area (Å²) >= 11 is 3.29. The second-order valence-electron chi connectivity index (χ2n) is 4.83. The Morgan fingerprint density at radius 1 is 1.30 bits per heavy atom. The Morgan fingerprint density at radius 3 is 2.43 bits per heavy atom. The molecule has 0 aliphatic heterocycles. The van der Waals surface area contributed by atoms with Crippen LogP contribution in [0, 0.1) is 0 Å². The zero-order valence-corrected chi connectivity index (χ0v) is 14.5. The van der Waals surface area contributed by atoms with Crippen LogP contribution in [-0.2, 0) is 14.4 Å². The summed E-state index contributed by atoms with van der Waals surface area (Å²) in [6.07, 6.45) is 0.